The van der Waals surface area contributed by atoms with E-state index in [1.54, 1.807) is 6.20 Å². The van der Waals surface area contributed by atoms with Crippen LogP contribution in [0.1, 0.15) is 38.7 Å². The van der Waals surface area contributed by atoms with E-state index < -0.39 is 0 Å². The van der Waals surface area contributed by atoms with Gasteiger partial charge in [-0.1, -0.05) is 20.3 Å². The van der Waals surface area contributed by atoms with Crippen LogP contribution in [0.2, 0.25) is 0 Å². The zero-order chi connectivity index (χ0) is 10.4. The standard InChI is InChI=1S/C12H19NO/c1-4-6-11(5-2)14-12-7-10(3)8-13-9-12/h7-9,11H,4-6H2,1-3H3/t11-/m1/s1. The molecular formula is C12H19NO. The number of aryl methyl sites for hydroxylation is 1. The second-order valence-electron chi connectivity index (χ2n) is 3.63. The van der Waals surface area contributed by atoms with Crippen LogP contribution in [-0.4, -0.2) is 11.1 Å². The van der Waals surface area contributed by atoms with Crippen molar-refractivity contribution in [3.05, 3.63) is 24.0 Å². The number of ether oxygens (including phenoxy) is 1. The monoisotopic (exact) mass is 193 g/mol. The van der Waals surface area contributed by atoms with Crippen molar-refractivity contribution in [2.24, 2.45) is 0 Å². The third kappa shape index (κ3) is 3.36. The quantitative estimate of drug-likeness (QED) is 0.715. The van der Waals surface area contributed by atoms with Gasteiger partial charge in [0.1, 0.15) is 5.75 Å². The van der Waals surface area contributed by atoms with Gasteiger partial charge in [-0.25, -0.2) is 0 Å². The summed E-state index contributed by atoms with van der Waals surface area (Å²) in [4.78, 5) is 4.11. The van der Waals surface area contributed by atoms with Gasteiger partial charge in [0.05, 0.1) is 12.3 Å². The summed E-state index contributed by atoms with van der Waals surface area (Å²) in [5, 5.41) is 0. The van der Waals surface area contributed by atoms with Crippen LogP contribution >= 0.6 is 0 Å². The van der Waals surface area contributed by atoms with Gasteiger partial charge < -0.3 is 4.74 Å². The average Bonchev–Trinajstić information content (AvgIpc) is 2.17. The van der Waals surface area contributed by atoms with Gasteiger partial charge in [-0.05, 0) is 31.4 Å². The zero-order valence-electron chi connectivity index (χ0n) is 9.29. The van der Waals surface area contributed by atoms with E-state index in [-0.39, 0.29) is 0 Å². The number of hydrogen-bond acceptors (Lipinski definition) is 2. The molecule has 14 heavy (non-hydrogen) atoms. The van der Waals surface area contributed by atoms with Gasteiger partial charge in [0, 0.05) is 6.20 Å². The molecule has 1 atom stereocenters. The van der Waals surface area contributed by atoms with Crippen LogP contribution in [0.4, 0.5) is 0 Å². The van der Waals surface area contributed by atoms with E-state index in [4.69, 9.17) is 4.74 Å². The molecule has 1 aromatic rings. The molecule has 0 radical (unpaired) electrons. The third-order valence-electron chi connectivity index (χ3n) is 2.22. The molecule has 0 aliphatic rings. The van der Waals surface area contributed by atoms with Crippen LogP contribution in [0.3, 0.4) is 0 Å². The first-order chi connectivity index (χ1) is 6.76. The molecule has 1 heterocycles. The molecule has 78 valence electrons. The van der Waals surface area contributed by atoms with E-state index >= 15 is 0 Å². The third-order valence-corrected chi connectivity index (χ3v) is 2.22. The lowest BCUT2D eigenvalue weighted by Gasteiger charge is -2.16. The second-order valence-corrected chi connectivity index (χ2v) is 3.63. The zero-order valence-corrected chi connectivity index (χ0v) is 9.29. The minimum Gasteiger partial charge on any atom is -0.489 e. The number of aromatic nitrogens is 1. The Kier molecular flexibility index (Phi) is 4.44. The lowest BCUT2D eigenvalue weighted by molar-refractivity contribution is 0.185. The highest BCUT2D eigenvalue weighted by Gasteiger charge is 2.06. The highest BCUT2D eigenvalue weighted by atomic mass is 16.5. The topological polar surface area (TPSA) is 22.1 Å². The van der Waals surface area contributed by atoms with Crippen LogP contribution in [0.25, 0.3) is 0 Å². The van der Waals surface area contributed by atoms with Crippen molar-refractivity contribution >= 4 is 0 Å². The normalized spacial score (nSPS) is 12.5. The molecule has 0 saturated heterocycles. The Morgan fingerprint density at radius 2 is 2.14 bits per heavy atom. The minimum atomic E-state index is 0.337. The first kappa shape index (κ1) is 11.0. The van der Waals surface area contributed by atoms with E-state index in [0.717, 1.165) is 30.6 Å². The highest BCUT2D eigenvalue weighted by molar-refractivity contribution is 5.22. The summed E-state index contributed by atoms with van der Waals surface area (Å²) in [5.74, 6) is 0.894. The van der Waals surface area contributed by atoms with Gasteiger partial charge in [-0.2, -0.15) is 0 Å². The van der Waals surface area contributed by atoms with Crippen molar-refractivity contribution in [3.8, 4) is 5.75 Å². The minimum absolute atomic E-state index is 0.337. The van der Waals surface area contributed by atoms with Gasteiger partial charge in [-0.3, -0.25) is 4.98 Å². The van der Waals surface area contributed by atoms with Crippen molar-refractivity contribution < 1.29 is 4.74 Å². The Bertz CT molecular complexity index is 273. The van der Waals surface area contributed by atoms with Gasteiger partial charge in [0.2, 0.25) is 0 Å². The molecule has 2 heteroatoms. The summed E-state index contributed by atoms with van der Waals surface area (Å²) in [5.41, 5.74) is 1.15. The van der Waals surface area contributed by atoms with Crippen molar-refractivity contribution in [1.29, 1.82) is 0 Å². The maximum absolute atomic E-state index is 5.82. The molecule has 0 bridgehead atoms. The average molecular weight is 193 g/mol. The number of hydrogen-bond donors (Lipinski definition) is 0. The summed E-state index contributed by atoms with van der Waals surface area (Å²) >= 11 is 0. The fourth-order valence-corrected chi connectivity index (χ4v) is 1.45. The lowest BCUT2D eigenvalue weighted by atomic mass is 10.1. The lowest BCUT2D eigenvalue weighted by Crippen LogP contribution is -2.14. The molecule has 1 aromatic heterocycles. The molecule has 0 aromatic carbocycles. The molecule has 0 saturated carbocycles. The molecule has 0 unspecified atom stereocenters. The SMILES string of the molecule is CCC[C@@H](CC)Oc1cncc(C)c1. The molecule has 0 spiro atoms. The smallest absolute Gasteiger partial charge is 0.138 e. The fourth-order valence-electron chi connectivity index (χ4n) is 1.45. The fraction of sp³-hybridized carbons (Fsp3) is 0.583. The Morgan fingerprint density at radius 1 is 1.36 bits per heavy atom. The van der Waals surface area contributed by atoms with Crippen LogP contribution in [0, 0.1) is 6.92 Å². The Balaban J connectivity index is 2.57. The summed E-state index contributed by atoms with van der Waals surface area (Å²) in [7, 11) is 0. The van der Waals surface area contributed by atoms with Gasteiger partial charge >= 0.3 is 0 Å². The van der Waals surface area contributed by atoms with Crippen molar-refractivity contribution in [2.75, 3.05) is 0 Å². The Labute approximate surface area is 86.3 Å². The highest BCUT2D eigenvalue weighted by Crippen LogP contribution is 2.15. The van der Waals surface area contributed by atoms with Crippen molar-refractivity contribution in [2.45, 2.75) is 46.1 Å². The van der Waals surface area contributed by atoms with E-state index in [2.05, 4.69) is 18.8 Å². The van der Waals surface area contributed by atoms with Crippen LogP contribution in [-0.2, 0) is 0 Å². The van der Waals surface area contributed by atoms with E-state index in [9.17, 15) is 0 Å². The Morgan fingerprint density at radius 3 is 2.71 bits per heavy atom. The predicted octanol–water partition coefficient (Wildman–Crippen LogP) is 3.35. The summed E-state index contributed by atoms with van der Waals surface area (Å²) < 4.78 is 5.82. The molecular weight excluding hydrogens is 174 g/mol. The van der Waals surface area contributed by atoms with Crippen LogP contribution < -0.4 is 4.74 Å². The maximum Gasteiger partial charge on any atom is 0.138 e. The number of pyridine rings is 1. The molecule has 0 amide bonds. The number of rotatable bonds is 5. The first-order valence-corrected chi connectivity index (χ1v) is 5.34. The van der Waals surface area contributed by atoms with E-state index in [1.165, 1.54) is 0 Å². The van der Waals surface area contributed by atoms with Gasteiger partial charge in [-0.15, -0.1) is 0 Å². The van der Waals surface area contributed by atoms with Crippen molar-refractivity contribution in [3.63, 3.8) is 0 Å². The molecule has 0 aliphatic heterocycles. The molecule has 0 fully saturated rings. The van der Waals surface area contributed by atoms with Crippen LogP contribution in [0.5, 0.6) is 5.75 Å². The predicted molar refractivity (Wildman–Crippen MR) is 58.6 cm³/mol. The largest absolute Gasteiger partial charge is 0.489 e. The summed E-state index contributed by atoms with van der Waals surface area (Å²) in [6.07, 6.45) is 7.30. The molecule has 1 rings (SSSR count). The molecule has 2 nitrogen and oxygen atoms in total. The summed E-state index contributed by atoms with van der Waals surface area (Å²) in [6, 6.07) is 2.03. The van der Waals surface area contributed by atoms with Crippen LogP contribution in [0.15, 0.2) is 18.5 Å². The second kappa shape index (κ2) is 5.63. The summed E-state index contributed by atoms with van der Waals surface area (Å²) in [6.45, 7) is 6.37. The Hall–Kier alpha value is -1.05. The van der Waals surface area contributed by atoms with Crippen molar-refractivity contribution in [1.82, 2.24) is 4.98 Å². The maximum atomic E-state index is 5.82. The van der Waals surface area contributed by atoms with Gasteiger partial charge in [0.15, 0.2) is 0 Å². The molecule has 0 aliphatic carbocycles. The van der Waals surface area contributed by atoms with Gasteiger partial charge in [0.25, 0.3) is 0 Å². The number of nitrogens with zero attached hydrogens (tertiary/aromatic N) is 1. The molecule has 0 N–H and O–H groups in total. The van der Waals surface area contributed by atoms with E-state index in [0.29, 0.717) is 6.10 Å². The van der Waals surface area contributed by atoms with E-state index in [1.807, 2.05) is 19.2 Å². The first-order valence-electron chi connectivity index (χ1n) is 5.34.